The van der Waals surface area contributed by atoms with E-state index in [0.717, 1.165) is 21.4 Å². The van der Waals surface area contributed by atoms with Crippen molar-refractivity contribution in [3.63, 3.8) is 0 Å². The lowest BCUT2D eigenvalue weighted by atomic mass is 9.81. The van der Waals surface area contributed by atoms with Crippen LogP contribution >= 0.6 is 0 Å². The third-order valence-corrected chi connectivity index (χ3v) is 5.88. The molecule has 2 fully saturated rings. The normalized spacial score (nSPS) is 25.1. The van der Waals surface area contributed by atoms with Gasteiger partial charge in [0.1, 0.15) is 5.54 Å². The smallest absolute Gasteiger partial charge is 0.325 e. The molecule has 1 spiro atoms. The minimum absolute atomic E-state index is 0.0134. The van der Waals surface area contributed by atoms with Gasteiger partial charge in [-0.2, -0.15) is 0 Å². The van der Waals surface area contributed by atoms with Gasteiger partial charge < -0.3 is 19.5 Å². The highest BCUT2D eigenvalue weighted by molar-refractivity contribution is 6.08. The zero-order chi connectivity index (χ0) is 20.1. The van der Waals surface area contributed by atoms with Gasteiger partial charge in [-0.25, -0.2) is 4.79 Å². The zero-order valence-electron chi connectivity index (χ0n) is 16.3. The third-order valence-electron chi connectivity index (χ3n) is 5.88. The zero-order valence-corrected chi connectivity index (χ0v) is 16.3. The number of aromatic nitrogens is 1. The molecule has 3 heterocycles. The molecule has 2 aromatic rings. The van der Waals surface area contributed by atoms with Crippen LogP contribution in [0.1, 0.15) is 17.9 Å². The van der Waals surface area contributed by atoms with Gasteiger partial charge in [0.25, 0.3) is 5.91 Å². The number of ether oxygens (including phenoxy) is 1. The van der Waals surface area contributed by atoms with Gasteiger partial charge in [0.15, 0.2) is 0 Å². The van der Waals surface area contributed by atoms with Gasteiger partial charge in [0.2, 0.25) is 0 Å². The quantitative estimate of drug-likeness (QED) is 0.630. The molecule has 0 bridgehead atoms. The summed E-state index contributed by atoms with van der Waals surface area (Å²) in [7, 11) is 5.22. The van der Waals surface area contributed by atoms with E-state index in [2.05, 4.69) is 15.0 Å². The van der Waals surface area contributed by atoms with Crippen molar-refractivity contribution in [3.8, 4) is 0 Å². The maximum atomic E-state index is 13.4. The number of imide groups is 1. The minimum Gasteiger partial charge on any atom is -0.469 e. The first-order valence-electron chi connectivity index (χ1n) is 9.31. The summed E-state index contributed by atoms with van der Waals surface area (Å²) in [6.45, 7) is 1.11. The highest BCUT2D eigenvalue weighted by Gasteiger charge is 2.60. The molecule has 4 rings (SSSR count). The summed E-state index contributed by atoms with van der Waals surface area (Å²) in [4.78, 5) is 40.7. The number of fused-ring (bicyclic) bond motifs is 1. The van der Waals surface area contributed by atoms with E-state index >= 15 is 0 Å². The van der Waals surface area contributed by atoms with Gasteiger partial charge in [-0.15, -0.1) is 0 Å². The number of carbonyl (C=O) groups is 3. The summed E-state index contributed by atoms with van der Waals surface area (Å²) in [5.74, 6) is -0.900. The maximum Gasteiger partial charge on any atom is 0.325 e. The Morgan fingerprint density at radius 1 is 1.29 bits per heavy atom. The average Bonchev–Trinajstić information content (AvgIpc) is 3.26. The van der Waals surface area contributed by atoms with Crippen LogP contribution in [0.25, 0.3) is 10.9 Å². The van der Waals surface area contributed by atoms with Crippen LogP contribution in [-0.4, -0.2) is 71.6 Å². The van der Waals surface area contributed by atoms with Crippen LogP contribution in [0.2, 0.25) is 0 Å². The van der Waals surface area contributed by atoms with Crippen molar-refractivity contribution in [2.45, 2.75) is 17.9 Å². The van der Waals surface area contributed by atoms with Crippen molar-refractivity contribution in [1.29, 1.82) is 0 Å². The number of nitrogens with one attached hydrogen (secondary N) is 1. The van der Waals surface area contributed by atoms with Crippen LogP contribution in [-0.2, 0) is 21.4 Å². The first-order valence-corrected chi connectivity index (χ1v) is 9.31. The number of methoxy groups -OCH3 is 1. The van der Waals surface area contributed by atoms with Crippen LogP contribution in [0.4, 0.5) is 4.79 Å². The number of carbonyl (C=O) groups excluding carboxylic acids is 3. The number of hydrogen-bond acceptors (Lipinski definition) is 5. The second-order valence-electron chi connectivity index (χ2n) is 7.65. The average molecular weight is 384 g/mol. The molecular weight excluding hydrogens is 360 g/mol. The summed E-state index contributed by atoms with van der Waals surface area (Å²) in [5.41, 5.74) is 1.11. The fraction of sp³-hybridized carbons (Fsp3) is 0.450. The molecule has 0 radical (unpaired) electrons. The van der Waals surface area contributed by atoms with Crippen molar-refractivity contribution < 1.29 is 19.1 Å². The molecule has 0 aliphatic carbocycles. The fourth-order valence-corrected chi connectivity index (χ4v) is 4.58. The predicted octanol–water partition coefficient (Wildman–Crippen LogP) is 1.06. The lowest BCUT2D eigenvalue weighted by molar-refractivity contribution is -0.141. The van der Waals surface area contributed by atoms with E-state index in [1.807, 2.05) is 49.1 Å². The van der Waals surface area contributed by atoms with Crippen molar-refractivity contribution in [2.75, 3.05) is 33.8 Å². The number of likely N-dealkylation sites (N-methyl/N-ethyl adjacent to an activating group) is 1. The number of urea groups is 1. The number of aryl methyl sites for hydroxylation is 1. The number of esters is 1. The van der Waals surface area contributed by atoms with Crippen molar-refractivity contribution in [1.82, 2.24) is 19.7 Å². The molecular formula is C20H24N4O4. The molecule has 28 heavy (non-hydrogen) atoms. The fourth-order valence-electron chi connectivity index (χ4n) is 4.58. The lowest BCUT2D eigenvalue weighted by Gasteiger charge is -2.27. The SMILES string of the molecule is COC(=O)CCN1C(=O)N[C@]2(CN(C)C[C@H]2c2cn(C)c3ccccc23)C1=O. The number of nitrogens with zero attached hydrogens (tertiary/aromatic N) is 3. The molecule has 1 N–H and O–H groups in total. The number of benzene rings is 1. The largest absolute Gasteiger partial charge is 0.469 e. The van der Waals surface area contributed by atoms with Gasteiger partial charge in [0.05, 0.1) is 13.5 Å². The summed E-state index contributed by atoms with van der Waals surface area (Å²) in [5, 5.41) is 4.04. The summed E-state index contributed by atoms with van der Waals surface area (Å²) >= 11 is 0. The van der Waals surface area contributed by atoms with Crippen LogP contribution in [0.5, 0.6) is 0 Å². The highest BCUT2D eigenvalue weighted by atomic mass is 16.5. The lowest BCUT2D eigenvalue weighted by Crippen LogP contribution is -2.52. The molecule has 1 aromatic heterocycles. The van der Waals surface area contributed by atoms with E-state index in [9.17, 15) is 14.4 Å². The second-order valence-corrected chi connectivity index (χ2v) is 7.65. The second kappa shape index (κ2) is 6.63. The Labute approximate surface area is 163 Å². The van der Waals surface area contributed by atoms with Gasteiger partial charge >= 0.3 is 12.0 Å². The van der Waals surface area contributed by atoms with Gasteiger partial charge in [-0.05, 0) is 18.7 Å². The molecule has 0 unspecified atom stereocenters. The van der Waals surface area contributed by atoms with Crippen molar-refractivity contribution in [2.24, 2.45) is 7.05 Å². The highest BCUT2D eigenvalue weighted by Crippen LogP contribution is 2.42. The molecule has 3 amide bonds. The van der Waals surface area contributed by atoms with E-state index < -0.39 is 17.5 Å². The molecule has 2 aliphatic rings. The molecule has 2 saturated heterocycles. The topological polar surface area (TPSA) is 83.9 Å². The molecule has 2 atom stereocenters. The van der Waals surface area contributed by atoms with Gasteiger partial charge in [0, 0.05) is 49.7 Å². The molecule has 8 heteroatoms. The van der Waals surface area contributed by atoms with Crippen LogP contribution in [0.3, 0.4) is 0 Å². The molecule has 0 saturated carbocycles. The minimum atomic E-state index is -1.02. The Kier molecular flexibility index (Phi) is 4.38. The maximum absolute atomic E-state index is 13.4. The summed E-state index contributed by atoms with van der Waals surface area (Å²) in [6, 6.07) is 7.61. The third kappa shape index (κ3) is 2.67. The molecule has 148 valence electrons. The van der Waals surface area contributed by atoms with Gasteiger partial charge in [-0.1, -0.05) is 18.2 Å². The Balaban J connectivity index is 1.72. The Morgan fingerprint density at radius 3 is 2.79 bits per heavy atom. The first kappa shape index (κ1) is 18.5. The summed E-state index contributed by atoms with van der Waals surface area (Å²) < 4.78 is 6.68. The summed E-state index contributed by atoms with van der Waals surface area (Å²) in [6.07, 6.45) is 2.04. The molecule has 1 aromatic carbocycles. The van der Waals surface area contributed by atoms with E-state index in [1.165, 1.54) is 7.11 Å². The Hall–Kier alpha value is -2.87. The van der Waals surface area contributed by atoms with E-state index in [-0.39, 0.29) is 24.8 Å². The molecule has 2 aliphatic heterocycles. The number of hydrogen-bond donors (Lipinski definition) is 1. The monoisotopic (exact) mass is 384 g/mol. The van der Waals surface area contributed by atoms with Crippen molar-refractivity contribution >= 4 is 28.8 Å². The predicted molar refractivity (Wildman–Crippen MR) is 103 cm³/mol. The standard InChI is InChI=1S/C20H24N4O4/c1-22-11-15(14-10-23(2)16-7-5-4-6-13(14)16)20(12-22)18(26)24(19(27)21-20)9-8-17(25)28-3/h4-7,10,15H,8-9,11-12H2,1-3H3,(H,21,27)/t15-,20-/m0/s1. The Morgan fingerprint density at radius 2 is 2.04 bits per heavy atom. The molecule has 8 nitrogen and oxygen atoms in total. The number of para-hydroxylation sites is 1. The number of likely N-dealkylation sites (tertiary alicyclic amines) is 1. The number of amides is 3. The van der Waals surface area contributed by atoms with Crippen LogP contribution in [0, 0.1) is 0 Å². The van der Waals surface area contributed by atoms with E-state index in [1.54, 1.807) is 0 Å². The Bertz CT molecular complexity index is 968. The van der Waals surface area contributed by atoms with E-state index in [0.29, 0.717) is 13.1 Å². The van der Waals surface area contributed by atoms with Gasteiger partial charge in [-0.3, -0.25) is 14.5 Å². The number of rotatable bonds is 4. The van der Waals surface area contributed by atoms with E-state index in [4.69, 9.17) is 0 Å². The van der Waals surface area contributed by atoms with Crippen LogP contribution in [0.15, 0.2) is 30.5 Å². The van der Waals surface area contributed by atoms with Crippen molar-refractivity contribution in [3.05, 3.63) is 36.0 Å². The van der Waals surface area contributed by atoms with Crippen LogP contribution < -0.4 is 5.32 Å². The first-order chi connectivity index (χ1) is 13.4.